The third-order valence-electron chi connectivity index (χ3n) is 6.13. The number of alkyl halides is 2. The average Bonchev–Trinajstić information content (AvgIpc) is 3.26. The molecule has 2 aliphatic rings. The van der Waals surface area contributed by atoms with Gasteiger partial charge in [0, 0.05) is 44.1 Å². The lowest BCUT2D eigenvalue weighted by atomic mass is 9.83. The highest BCUT2D eigenvalue weighted by atomic mass is 35.5. The molecule has 0 radical (unpaired) electrons. The van der Waals surface area contributed by atoms with Crippen molar-refractivity contribution in [2.45, 2.75) is 56.5 Å². The van der Waals surface area contributed by atoms with E-state index in [4.69, 9.17) is 16.3 Å². The first-order valence-corrected chi connectivity index (χ1v) is 10.2. The maximum atomic E-state index is 13.3. The summed E-state index contributed by atoms with van der Waals surface area (Å²) in [5.74, 6) is -2.48. The van der Waals surface area contributed by atoms with Crippen LogP contribution in [0.5, 0.6) is 0 Å². The van der Waals surface area contributed by atoms with Gasteiger partial charge in [-0.05, 0) is 43.4 Å². The number of hydrogen-bond acceptors (Lipinski definition) is 3. The summed E-state index contributed by atoms with van der Waals surface area (Å²) in [6.07, 6.45) is 3.85. The Kier molecular flexibility index (Phi) is 5.23. The van der Waals surface area contributed by atoms with Gasteiger partial charge in [-0.2, -0.15) is 0 Å². The molecule has 2 aromatic rings. The smallest absolute Gasteiger partial charge is 0.248 e. The zero-order valence-electron chi connectivity index (χ0n) is 15.6. The third kappa shape index (κ3) is 3.70. The lowest BCUT2D eigenvalue weighted by molar-refractivity contribution is -0.0464. The number of ketones is 1. The molecule has 1 saturated carbocycles. The summed E-state index contributed by atoms with van der Waals surface area (Å²) in [7, 11) is 0. The summed E-state index contributed by atoms with van der Waals surface area (Å²) < 4.78 is 33.8. The first-order valence-electron chi connectivity index (χ1n) is 9.80. The summed E-state index contributed by atoms with van der Waals surface area (Å²) in [4.78, 5) is 13.0. The normalized spacial score (nSPS) is 25.4. The molecule has 1 unspecified atom stereocenters. The Labute approximate surface area is 167 Å². The highest BCUT2D eigenvalue weighted by Crippen LogP contribution is 2.39. The van der Waals surface area contributed by atoms with Crippen LogP contribution in [0.3, 0.4) is 0 Å². The summed E-state index contributed by atoms with van der Waals surface area (Å²) in [6.45, 7) is 0.634. The van der Waals surface area contributed by atoms with Gasteiger partial charge >= 0.3 is 0 Å². The van der Waals surface area contributed by atoms with Crippen molar-refractivity contribution in [1.29, 1.82) is 0 Å². The van der Waals surface area contributed by atoms with E-state index in [1.807, 2.05) is 0 Å². The van der Waals surface area contributed by atoms with E-state index in [0.717, 1.165) is 0 Å². The molecule has 0 amide bonds. The third-order valence-corrected chi connectivity index (χ3v) is 6.44. The van der Waals surface area contributed by atoms with Crippen LogP contribution in [0.2, 0.25) is 5.02 Å². The molecule has 152 valence electrons. The number of fused-ring (bicyclic) bond motifs is 1. The number of ether oxygens (including phenoxy) is 1. The van der Waals surface area contributed by atoms with Gasteiger partial charge in [0.2, 0.25) is 5.92 Å². The predicted octanol–water partition coefficient (Wildman–Crippen LogP) is 4.99. The quantitative estimate of drug-likeness (QED) is 0.705. The molecular formula is C21H24ClF2NO3. The summed E-state index contributed by atoms with van der Waals surface area (Å²) in [5, 5.41) is 11.4. The lowest BCUT2D eigenvalue weighted by Gasteiger charge is -2.27. The van der Waals surface area contributed by atoms with E-state index in [0.29, 0.717) is 54.1 Å². The van der Waals surface area contributed by atoms with Crippen molar-refractivity contribution in [3.8, 4) is 0 Å². The van der Waals surface area contributed by atoms with E-state index in [1.54, 1.807) is 28.8 Å². The number of rotatable bonds is 5. The van der Waals surface area contributed by atoms with E-state index < -0.39 is 11.5 Å². The lowest BCUT2D eigenvalue weighted by Crippen LogP contribution is -2.27. The van der Waals surface area contributed by atoms with Crippen LogP contribution in [0.1, 0.15) is 61.0 Å². The van der Waals surface area contributed by atoms with Gasteiger partial charge in [0.1, 0.15) is 5.60 Å². The van der Waals surface area contributed by atoms with Crippen LogP contribution in [-0.2, 0) is 10.3 Å². The summed E-state index contributed by atoms with van der Waals surface area (Å²) >= 11 is 6.38. The predicted molar refractivity (Wildman–Crippen MR) is 102 cm³/mol. The van der Waals surface area contributed by atoms with Crippen molar-refractivity contribution in [2.75, 3.05) is 13.2 Å². The zero-order chi connectivity index (χ0) is 19.9. The Balaban J connectivity index is 1.57. The fraction of sp³-hybridized carbons (Fsp3) is 0.571. The number of pyridine rings is 1. The first-order chi connectivity index (χ1) is 13.3. The largest absolute Gasteiger partial charge is 0.381 e. The van der Waals surface area contributed by atoms with E-state index in [-0.39, 0.29) is 37.6 Å². The molecule has 4 rings (SSSR count). The van der Waals surface area contributed by atoms with Gasteiger partial charge in [0.25, 0.3) is 0 Å². The number of carbonyl (C=O) groups is 1. The number of aliphatic hydroxyl groups is 1. The number of halogens is 3. The van der Waals surface area contributed by atoms with Crippen LogP contribution in [0.4, 0.5) is 8.78 Å². The molecule has 7 heteroatoms. The minimum Gasteiger partial charge on any atom is -0.381 e. The molecule has 1 aliphatic carbocycles. The van der Waals surface area contributed by atoms with Crippen LogP contribution in [0.25, 0.3) is 5.52 Å². The monoisotopic (exact) mass is 411 g/mol. The topological polar surface area (TPSA) is 50.9 Å². The van der Waals surface area contributed by atoms with Crippen LogP contribution in [0.15, 0.2) is 24.4 Å². The SMILES string of the molecule is O=C(CCC1CCC(F)(F)CC1)c1cc(C2(O)CCOC2)n2cccc(Cl)c12. The summed E-state index contributed by atoms with van der Waals surface area (Å²) in [5.41, 5.74) is 0.506. The van der Waals surface area contributed by atoms with Crippen LogP contribution in [0, 0.1) is 5.92 Å². The van der Waals surface area contributed by atoms with Gasteiger partial charge in [0.05, 0.1) is 22.8 Å². The number of Topliss-reactive ketones (excluding diaryl/α,β-unsaturated/α-hetero) is 1. The minimum absolute atomic E-state index is 0.0725. The van der Waals surface area contributed by atoms with Gasteiger partial charge in [-0.3, -0.25) is 4.79 Å². The van der Waals surface area contributed by atoms with Crippen LogP contribution >= 0.6 is 11.6 Å². The molecule has 1 saturated heterocycles. The fourth-order valence-electron chi connectivity index (χ4n) is 4.40. The van der Waals surface area contributed by atoms with E-state index in [9.17, 15) is 18.7 Å². The molecular weight excluding hydrogens is 388 g/mol. The minimum atomic E-state index is -2.56. The van der Waals surface area contributed by atoms with Crippen molar-refractivity contribution in [3.63, 3.8) is 0 Å². The van der Waals surface area contributed by atoms with Crippen LogP contribution in [-0.4, -0.2) is 34.4 Å². The van der Waals surface area contributed by atoms with Gasteiger partial charge < -0.3 is 14.2 Å². The van der Waals surface area contributed by atoms with E-state index in [2.05, 4.69) is 0 Å². The van der Waals surface area contributed by atoms with Crippen molar-refractivity contribution in [2.24, 2.45) is 5.92 Å². The van der Waals surface area contributed by atoms with Gasteiger partial charge in [-0.25, -0.2) is 8.78 Å². The Morgan fingerprint density at radius 3 is 2.75 bits per heavy atom. The second-order valence-corrected chi connectivity index (χ2v) is 8.52. The van der Waals surface area contributed by atoms with Gasteiger partial charge in [0.15, 0.2) is 5.78 Å². The maximum absolute atomic E-state index is 13.3. The average molecular weight is 412 g/mol. The molecule has 28 heavy (non-hydrogen) atoms. The Morgan fingerprint density at radius 2 is 2.07 bits per heavy atom. The number of aromatic nitrogens is 1. The zero-order valence-corrected chi connectivity index (χ0v) is 16.4. The van der Waals surface area contributed by atoms with Crippen molar-refractivity contribution in [1.82, 2.24) is 4.40 Å². The van der Waals surface area contributed by atoms with Crippen molar-refractivity contribution in [3.05, 3.63) is 40.7 Å². The molecule has 0 aromatic carbocycles. The van der Waals surface area contributed by atoms with E-state index >= 15 is 0 Å². The molecule has 0 spiro atoms. The number of hydrogen-bond donors (Lipinski definition) is 1. The Hall–Kier alpha value is -1.50. The highest BCUT2D eigenvalue weighted by Gasteiger charge is 2.38. The number of nitrogens with zero attached hydrogens (tertiary/aromatic N) is 1. The molecule has 1 atom stereocenters. The second kappa shape index (κ2) is 7.39. The van der Waals surface area contributed by atoms with Gasteiger partial charge in [-0.1, -0.05) is 11.6 Å². The molecule has 2 fully saturated rings. The molecule has 1 N–H and O–H groups in total. The van der Waals surface area contributed by atoms with Crippen molar-refractivity contribution >= 4 is 22.9 Å². The van der Waals surface area contributed by atoms with E-state index in [1.165, 1.54) is 0 Å². The Bertz CT molecular complexity index is 879. The molecule has 0 bridgehead atoms. The van der Waals surface area contributed by atoms with Crippen LogP contribution < -0.4 is 0 Å². The second-order valence-electron chi connectivity index (χ2n) is 8.11. The molecule has 1 aliphatic heterocycles. The number of carbonyl (C=O) groups excluding carboxylic acids is 1. The Morgan fingerprint density at radius 1 is 1.32 bits per heavy atom. The highest BCUT2D eigenvalue weighted by molar-refractivity contribution is 6.35. The molecule has 4 nitrogen and oxygen atoms in total. The first kappa shape index (κ1) is 19.8. The molecule has 3 heterocycles. The van der Waals surface area contributed by atoms with Gasteiger partial charge in [-0.15, -0.1) is 0 Å². The molecule has 2 aromatic heterocycles. The maximum Gasteiger partial charge on any atom is 0.248 e. The standard InChI is InChI=1S/C21H24ClF2NO3/c22-16-2-1-10-25-18(20(27)9-11-28-13-20)12-15(19(16)25)17(26)4-3-14-5-7-21(23,24)8-6-14/h1-2,10,12,14,27H,3-9,11,13H2. The summed E-state index contributed by atoms with van der Waals surface area (Å²) in [6, 6.07) is 5.21. The fourth-order valence-corrected chi connectivity index (χ4v) is 4.67. The van der Waals surface area contributed by atoms with Crippen molar-refractivity contribution < 1.29 is 23.4 Å².